The SMILES string of the molecule is CC(C)C(C)(CN)NCC1CC1. The summed E-state index contributed by atoms with van der Waals surface area (Å²) in [6, 6.07) is 0. The number of hydrogen-bond acceptors (Lipinski definition) is 2. The fourth-order valence-electron chi connectivity index (χ4n) is 1.21. The smallest absolute Gasteiger partial charge is 0.0298 e. The van der Waals surface area contributed by atoms with Crippen LogP contribution in [-0.4, -0.2) is 18.6 Å². The molecule has 0 saturated heterocycles. The van der Waals surface area contributed by atoms with Crippen molar-refractivity contribution in [1.29, 1.82) is 0 Å². The Morgan fingerprint density at radius 1 is 1.50 bits per heavy atom. The van der Waals surface area contributed by atoms with Crippen LogP contribution in [0.15, 0.2) is 0 Å². The van der Waals surface area contributed by atoms with Crippen LogP contribution in [0.3, 0.4) is 0 Å². The van der Waals surface area contributed by atoms with Gasteiger partial charge in [0.25, 0.3) is 0 Å². The Morgan fingerprint density at radius 2 is 2.08 bits per heavy atom. The molecule has 2 heteroatoms. The first-order chi connectivity index (χ1) is 5.58. The highest BCUT2D eigenvalue weighted by molar-refractivity contribution is 4.89. The van der Waals surface area contributed by atoms with Gasteiger partial charge in [-0.1, -0.05) is 13.8 Å². The fraction of sp³-hybridized carbons (Fsp3) is 1.00. The summed E-state index contributed by atoms with van der Waals surface area (Å²) in [7, 11) is 0. The fourth-order valence-corrected chi connectivity index (χ4v) is 1.21. The van der Waals surface area contributed by atoms with Crippen molar-refractivity contribution in [3.8, 4) is 0 Å². The van der Waals surface area contributed by atoms with Crippen LogP contribution in [0.2, 0.25) is 0 Å². The number of nitrogens with two attached hydrogens (primary N) is 1. The van der Waals surface area contributed by atoms with Crippen LogP contribution in [0.25, 0.3) is 0 Å². The summed E-state index contributed by atoms with van der Waals surface area (Å²) in [5.41, 5.74) is 5.89. The Labute approximate surface area is 75.9 Å². The van der Waals surface area contributed by atoms with E-state index in [9.17, 15) is 0 Å². The average Bonchev–Trinajstić information content (AvgIpc) is 2.83. The third-order valence-electron chi connectivity index (χ3n) is 3.19. The number of nitrogens with one attached hydrogen (secondary N) is 1. The first-order valence-corrected chi connectivity index (χ1v) is 5.03. The Kier molecular flexibility index (Phi) is 3.13. The molecule has 2 nitrogen and oxygen atoms in total. The molecule has 72 valence electrons. The molecular weight excluding hydrogens is 148 g/mol. The maximum atomic E-state index is 5.75. The van der Waals surface area contributed by atoms with Crippen molar-refractivity contribution in [3.63, 3.8) is 0 Å². The van der Waals surface area contributed by atoms with Crippen LogP contribution >= 0.6 is 0 Å². The van der Waals surface area contributed by atoms with Crippen molar-refractivity contribution in [2.24, 2.45) is 17.6 Å². The van der Waals surface area contributed by atoms with Crippen molar-refractivity contribution in [1.82, 2.24) is 5.32 Å². The molecule has 0 spiro atoms. The summed E-state index contributed by atoms with van der Waals surface area (Å²) >= 11 is 0. The normalized spacial score (nSPS) is 22.8. The topological polar surface area (TPSA) is 38.0 Å². The van der Waals surface area contributed by atoms with E-state index in [1.54, 1.807) is 0 Å². The van der Waals surface area contributed by atoms with E-state index in [1.807, 2.05) is 0 Å². The molecule has 0 aromatic carbocycles. The maximum absolute atomic E-state index is 5.75. The van der Waals surface area contributed by atoms with Crippen molar-refractivity contribution < 1.29 is 0 Å². The molecule has 0 radical (unpaired) electrons. The van der Waals surface area contributed by atoms with Crippen molar-refractivity contribution in [3.05, 3.63) is 0 Å². The van der Waals surface area contributed by atoms with E-state index in [0.29, 0.717) is 5.92 Å². The second-order valence-corrected chi connectivity index (χ2v) is 4.60. The zero-order valence-corrected chi connectivity index (χ0v) is 8.56. The lowest BCUT2D eigenvalue weighted by Gasteiger charge is -2.33. The van der Waals surface area contributed by atoms with Crippen molar-refractivity contribution >= 4 is 0 Å². The standard InChI is InChI=1S/C10H22N2/c1-8(2)10(3,7-11)12-6-9-4-5-9/h8-9,12H,4-7,11H2,1-3H3. The molecule has 1 rings (SSSR count). The third kappa shape index (κ3) is 2.46. The molecule has 3 N–H and O–H groups in total. The lowest BCUT2D eigenvalue weighted by molar-refractivity contribution is 0.266. The van der Waals surface area contributed by atoms with Gasteiger partial charge in [0, 0.05) is 12.1 Å². The van der Waals surface area contributed by atoms with E-state index in [4.69, 9.17) is 5.73 Å². The maximum Gasteiger partial charge on any atom is 0.0298 e. The molecule has 0 bridgehead atoms. The second kappa shape index (κ2) is 3.75. The first kappa shape index (κ1) is 10.0. The summed E-state index contributed by atoms with van der Waals surface area (Å²) < 4.78 is 0. The number of hydrogen-bond donors (Lipinski definition) is 2. The van der Waals surface area contributed by atoms with Crippen molar-refractivity contribution in [2.45, 2.75) is 39.2 Å². The van der Waals surface area contributed by atoms with Crippen LogP contribution in [0.5, 0.6) is 0 Å². The van der Waals surface area contributed by atoms with Gasteiger partial charge in [0.05, 0.1) is 0 Å². The molecule has 0 amide bonds. The van der Waals surface area contributed by atoms with E-state index < -0.39 is 0 Å². The Balaban J connectivity index is 2.30. The zero-order chi connectivity index (χ0) is 9.19. The lowest BCUT2D eigenvalue weighted by Crippen LogP contribution is -2.53. The molecule has 1 aliphatic carbocycles. The van der Waals surface area contributed by atoms with E-state index in [0.717, 1.165) is 19.0 Å². The minimum atomic E-state index is 0.141. The highest BCUT2D eigenvalue weighted by Gasteiger charge is 2.29. The zero-order valence-electron chi connectivity index (χ0n) is 8.56. The molecule has 1 saturated carbocycles. The second-order valence-electron chi connectivity index (χ2n) is 4.60. The summed E-state index contributed by atoms with van der Waals surface area (Å²) in [4.78, 5) is 0. The summed E-state index contributed by atoms with van der Waals surface area (Å²) in [6.07, 6.45) is 2.82. The molecule has 1 aliphatic rings. The van der Waals surface area contributed by atoms with Gasteiger partial charge in [0.15, 0.2) is 0 Å². The van der Waals surface area contributed by atoms with E-state index in [2.05, 4.69) is 26.1 Å². The van der Waals surface area contributed by atoms with Crippen LogP contribution in [0.4, 0.5) is 0 Å². The monoisotopic (exact) mass is 170 g/mol. The van der Waals surface area contributed by atoms with Crippen LogP contribution in [0.1, 0.15) is 33.6 Å². The third-order valence-corrected chi connectivity index (χ3v) is 3.19. The Hall–Kier alpha value is -0.0800. The van der Waals surface area contributed by atoms with Crippen LogP contribution < -0.4 is 11.1 Å². The van der Waals surface area contributed by atoms with Crippen LogP contribution in [0, 0.1) is 11.8 Å². The van der Waals surface area contributed by atoms with Gasteiger partial charge >= 0.3 is 0 Å². The highest BCUT2D eigenvalue weighted by Crippen LogP contribution is 2.29. The number of rotatable bonds is 5. The molecular formula is C10H22N2. The minimum Gasteiger partial charge on any atom is -0.329 e. The van der Waals surface area contributed by atoms with Gasteiger partial charge in [-0.2, -0.15) is 0 Å². The van der Waals surface area contributed by atoms with Gasteiger partial charge in [0.1, 0.15) is 0 Å². The van der Waals surface area contributed by atoms with E-state index in [-0.39, 0.29) is 5.54 Å². The van der Waals surface area contributed by atoms with Gasteiger partial charge in [0.2, 0.25) is 0 Å². The highest BCUT2D eigenvalue weighted by atomic mass is 15.0. The molecule has 1 unspecified atom stereocenters. The van der Waals surface area contributed by atoms with Gasteiger partial charge in [-0.15, -0.1) is 0 Å². The minimum absolute atomic E-state index is 0.141. The Morgan fingerprint density at radius 3 is 2.42 bits per heavy atom. The quantitative estimate of drug-likeness (QED) is 0.654. The van der Waals surface area contributed by atoms with Crippen molar-refractivity contribution in [2.75, 3.05) is 13.1 Å². The lowest BCUT2D eigenvalue weighted by atomic mass is 9.88. The molecule has 0 heterocycles. The van der Waals surface area contributed by atoms with E-state index in [1.165, 1.54) is 12.8 Å². The summed E-state index contributed by atoms with van der Waals surface area (Å²) in [5.74, 6) is 1.55. The summed E-state index contributed by atoms with van der Waals surface area (Å²) in [5, 5.41) is 3.58. The molecule has 0 aromatic heterocycles. The van der Waals surface area contributed by atoms with Gasteiger partial charge in [-0.05, 0) is 38.1 Å². The predicted molar refractivity (Wildman–Crippen MR) is 53.0 cm³/mol. The Bertz CT molecular complexity index is 141. The molecule has 0 aliphatic heterocycles. The molecule has 0 aromatic rings. The molecule has 1 fully saturated rings. The average molecular weight is 170 g/mol. The van der Waals surface area contributed by atoms with Gasteiger partial charge in [-0.25, -0.2) is 0 Å². The van der Waals surface area contributed by atoms with Gasteiger partial charge in [-0.3, -0.25) is 0 Å². The predicted octanol–water partition coefficient (Wildman–Crippen LogP) is 1.36. The van der Waals surface area contributed by atoms with Crippen LogP contribution in [-0.2, 0) is 0 Å². The summed E-state index contributed by atoms with van der Waals surface area (Å²) in [6.45, 7) is 8.57. The van der Waals surface area contributed by atoms with E-state index >= 15 is 0 Å². The first-order valence-electron chi connectivity index (χ1n) is 5.03. The van der Waals surface area contributed by atoms with Gasteiger partial charge < -0.3 is 11.1 Å². The largest absolute Gasteiger partial charge is 0.329 e. The molecule has 12 heavy (non-hydrogen) atoms. The molecule has 1 atom stereocenters.